The van der Waals surface area contributed by atoms with E-state index in [9.17, 15) is 4.79 Å². The van der Waals surface area contributed by atoms with E-state index < -0.39 is 0 Å². The first kappa shape index (κ1) is 17.0. The quantitative estimate of drug-likeness (QED) is 0.874. The third-order valence-electron chi connectivity index (χ3n) is 4.21. The number of nitrogens with zero attached hydrogens (tertiary/aromatic N) is 2. The van der Waals surface area contributed by atoms with Crippen molar-refractivity contribution in [3.05, 3.63) is 35.9 Å². The molecule has 2 rings (SSSR count). The molecule has 0 saturated carbocycles. The second-order valence-electron chi connectivity index (χ2n) is 6.74. The average molecular weight is 303 g/mol. The SMILES string of the molecule is CC(C)C[C@H](NC(=O)CN1CCN(C)CC1)c1ccccc1. The standard InChI is InChI=1S/C18H29N3O/c1-15(2)13-17(16-7-5-4-6-8-16)19-18(22)14-21-11-9-20(3)10-12-21/h4-8,15,17H,9-14H2,1-3H3,(H,19,22)/t17-/m0/s1. The lowest BCUT2D eigenvalue weighted by atomic mass is 9.97. The number of hydrogen-bond donors (Lipinski definition) is 1. The van der Waals surface area contributed by atoms with Crippen LogP contribution in [0.15, 0.2) is 30.3 Å². The van der Waals surface area contributed by atoms with E-state index in [-0.39, 0.29) is 11.9 Å². The van der Waals surface area contributed by atoms with E-state index in [1.165, 1.54) is 5.56 Å². The second-order valence-corrected chi connectivity index (χ2v) is 6.74. The molecule has 0 aliphatic carbocycles. The molecule has 1 atom stereocenters. The van der Waals surface area contributed by atoms with Crippen LogP contribution in [0.1, 0.15) is 31.9 Å². The van der Waals surface area contributed by atoms with Crippen molar-refractivity contribution in [2.45, 2.75) is 26.3 Å². The molecule has 1 aromatic carbocycles. The highest BCUT2D eigenvalue weighted by Crippen LogP contribution is 2.21. The van der Waals surface area contributed by atoms with Crippen LogP contribution in [0.4, 0.5) is 0 Å². The van der Waals surface area contributed by atoms with E-state index in [1.54, 1.807) is 0 Å². The van der Waals surface area contributed by atoms with Crippen LogP contribution in [0.5, 0.6) is 0 Å². The van der Waals surface area contributed by atoms with E-state index >= 15 is 0 Å². The molecule has 1 aromatic rings. The Kier molecular flexibility index (Phi) is 6.40. The van der Waals surface area contributed by atoms with Gasteiger partial charge in [0.2, 0.25) is 5.91 Å². The van der Waals surface area contributed by atoms with Gasteiger partial charge in [-0.15, -0.1) is 0 Å². The molecule has 1 N–H and O–H groups in total. The number of hydrogen-bond acceptors (Lipinski definition) is 3. The second kappa shape index (κ2) is 8.30. The first-order valence-electron chi connectivity index (χ1n) is 8.30. The average Bonchev–Trinajstić information content (AvgIpc) is 2.49. The zero-order valence-electron chi connectivity index (χ0n) is 14.1. The lowest BCUT2D eigenvalue weighted by Gasteiger charge is -2.32. The minimum atomic E-state index is 0.112. The summed E-state index contributed by atoms with van der Waals surface area (Å²) < 4.78 is 0. The van der Waals surface area contributed by atoms with Gasteiger partial charge in [-0.05, 0) is 24.9 Å². The third kappa shape index (κ3) is 5.43. The van der Waals surface area contributed by atoms with Crippen molar-refractivity contribution in [2.24, 2.45) is 5.92 Å². The summed E-state index contributed by atoms with van der Waals surface area (Å²) in [6.07, 6.45) is 0.971. The predicted octanol–water partition coefficient (Wildman–Crippen LogP) is 2.14. The molecule has 0 unspecified atom stereocenters. The predicted molar refractivity (Wildman–Crippen MR) is 90.7 cm³/mol. The fraction of sp³-hybridized carbons (Fsp3) is 0.611. The molecule has 1 aliphatic heterocycles. The van der Waals surface area contributed by atoms with Gasteiger partial charge in [-0.1, -0.05) is 44.2 Å². The molecular formula is C18H29N3O. The van der Waals surface area contributed by atoms with Crippen LogP contribution >= 0.6 is 0 Å². The van der Waals surface area contributed by atoms with Gasteiger partial charge in [-0.2, -0.15) is 0 Å². The van der Waals surface area contributed by atoms with Crippen LogP contribution in [0.2, 0.25) is 0 Å². The van der Waals surface area contributed by atoms with E-state index in [0.717, 1.165) is 32.6 Å². The minimum Gasteiger partial charge on any atom is -0.348 e. The first-order valence-corrected chi connectivity index (χ1v) is 8.30. The Morgan fingerprint density at radius 3 is 2.36 bits per heavy atom. The molecule has 0 spiro atoms. The van der Waals surface area contributed by atoms with Gasteiger partial charge in [0.05, 0.1) is 12.6 Å². The van der Waals surface area contributed by atoms with Crippen molar-refractivity contribution < 1.29 is 4.79 Å². The number of amides is 1. The summed E-state index contributed by atoms with van der Waals surface area (Å²) in [4.78, 5) is 16.9. The monoisotopic (exact) mass is 303 g/mol. The lowest BCUT2D eigenvalue weighted by Crippen LogP contribution is -2.48. The van der Waals surface area contributed by atoms with E-state index in [4.69, 9.17) is 0 Å². The number of rotatable bonds is 6. The molecule has 1 aliphatic rings. The first-order chi connectivity index (χ1) is 10.5. The minimum absolute atomic E-state index is 0.112. The summed E-state index contributed by atoms with van der Waals surface area (Å²) >= 11 is 0. The van der Waals surface area contributed by atoms with Gasteiger partial charge in [0, 0.05) is 26.2 Å². The maximum absolute atomic E-state index is 12.4. The van der Waals surface area contributed by atoms with Crippen molar-refractivity contribution >= 4 is 5.91 Å². The maximum Gasteiger partial charge on any atom is 0.234 e. The summed E-state index contributed by atoms with van der Waals surface area (Å²) in [5.41, 5.74) is 1.20. The van der Waals surface area contributed by atoms with Crippen LogP contribution in [0.3, 0.4) is 0 Å². The van der Waals surface area contributed by atoms with Gasteiger partial charge < -0.3 is 10.2 Å². The Labute approximate surface area is 134 Å². The van der Waals surface area contributed by atoms with Gasteiger partial charge >= 0.3 is 0 Å². The van der Waals surface area contributed by atoms with Gasteiger partial charge in [0.25, 0.3) is 0 Å². The van der Waals surface area contributed by atoms with Gasteiger partial charge in [0.1, 0.15) is 0 Å². The zero-order valence-corrected chi connectivity index (χ0v) is 14.1. The Morgan fingerprint density at radius 1 is 1.14 bits per heavy atom. The highest BCUT2D eigenvalue weighted by atomic mass is 16.2. The molecule has 4 nitrogen and oxygen atoms in total. The molecule has 22 heavy (non-hydrogen) atoms. The molecule has 1 amide bonds. The number of likely N-dealkylation sites (N-methyl/N-ethyl adjacent to an activating group) is 1. The van der Waals surface area contributed by atoms with Crippen LogP contribution in [-0.2, 0) is 4.79 Å². The molecular weight excluding hydrogens is 274 g/mol. The third-order valence-corrected chi connectivity index (χ3v) is 4.21. The van der Waals surface area contributed by atoms with E-state index in [2.05, 4.69) is 48.1 Å². The van der Waals surface area contributed by atoms with Gasteiger partial charge in [0.15, 0.2) is 0 Å². The lowest BCUT2D eigenvalue weighted by molar-refractivity contribution is -0.123. The summed E-state index contributed by atoms with van der Waals surface area (Å²) in [5, 5.41) is 3.23. The Bertz CT molecular complexity index is 453. The Balaban J connectivity index is 1.90. The largest absolute Gasteiger partial charge is 0.348 e. The molecule has 1 heterocycles. The molecule has 0 bridgehead atoms. The fourth-order valence-corrected chi connectivity index (χ4v) is 2.88. The van der Waals surface area contributed by atoms with E-state index in [0.29, 0.717) is 12.5 Å². The Hall–Kier alpha value is -1.39. The summed E-state index contributed by atoms with van der Waals surface area (Å²) in [7, 11) is 2.13. The van der Waals surface area contributed by atoms with Crippen LogP contribution in [0, 0.1) is 5.92 Å². The number of benzene rings is 1. The van der Waals surface area contributed by atoms with Crippen LogP contribution < -0.4 is 5.32 Å². The molecule has 1 fully saturated rings. The number of nitrogens with one attached hydrogen (secondary N) is 1. The van der Waals surface area contributed by atoms with Crippen molar-refractivity contribution in [3.63, 3.8) is 0 Å². The zero-order chi connectivity index (χ0) is 15.9. The topological polar surface area (TPSA) is 35.6 Å². The van der Waals surface area contributed by atoms with Crippen LogP contribution in [0.25, 0.3) is 0 Å². The normalized spacial score (nSPS) is 18.4. The molecule has 1 saturated heterocycles. The van der Waals surface area contributed by atoms with Gasteiger partial charge in [-0.3, -0.25) is 9.69 Å². The smallest absolute Gasteiger partial charge is 0.234 e. The molecule has 0 radical (unpaired) electrons. The van der Waals surface area contributed by atoms with Crippen LogP contribution in [-0.4, -0.2) is 55.5 Å². The number of piperazine rings is 1. The highest BCUT2D eigenvalue weighted by molar-refractivity contribution is 5.78. The summed E-state index contributed by atoms with van der Waals surface area (Å²) in [5.74, 6) is 0.688. The maximum atomic E-state index is 12.4. The van der Waals surface area contributed by atoms with Crippen molar-refractivity contribution in [2.75, 3.05) is 39.8 Å². The number of carbonyl (C=O) groups is 1. The van der Waals surface area contributed by atoms with Crippen molar-refractivity contribution in [3.8, 4) is 0 Å². The highest BCUT2D eigenvalue weighted by Gasteiger charge is 2.20. The Morgan fingerprint density at radius 2 is 1.77 bits per heavy atom. The fourth-order valence-electron chi connectivity index (χ4n) is 2.88. The molecule has 0 aromatic heterocycles. The molecule has 122 valence electrons. The van der Waals surface area contributed by atoms with Crippen molar-refractivity contribution in [1.82, 2.24) is 15.1 Å². The number of carbonyl (C=O) groups excluding carboxylic acids is 1. The molecule has 4 heteroatoms. The van der Waals surface area contributed by atoms with E-state index in [1.807, 2.05) is 18.2 Å². The van der Waals surface area contributed by atoms with Crippen molar-refractivity contribution in [1.29, 1.82) is 0 Å². The van der Waals surface area contributed by atoms with Gasteiger partial charge in [-0.25, -0.2) is 0 Å². The summed E-state index contributed by atoms with van der Waals surface area (Å²) in [6, 6.07) is 10.4. The summed E-state index contributed by atoms with van der Waals surface area (Å²) in [6.45, 7) is 8.94.